The van der Waals surface area contributed by atoms with Gasteiger partial charge in [-0.15, -0.1) is 28.1 Å². The van der Waals surface area contributed by atoms with Crippen molar-refractivity contribution in [1.82, 2.24) is 19.7 Å². The van der Waals surface area contributed by atoms with Crippen molar-refractivity contribution in [2.75, 3.05) is 17.7 Å². The van der Waals surface area contributed by atoms with Gasteiger partial charge in [-0.3, -0.25) is 14.2 Å². The minimum atomic E-state index is -0.343. The van der Waals surface area contributed by atoms with Gasteiger partial charge < -0.3 is 10.1 Å². The van der Waals surface area contributed by atoms with Crippen molar-refractivity contribution in [3.05, 3.63) is 52.5 Å². The predicted octanol–water partition coefficient (Wildman–Crippen LogP) is 4.19. The number of esters is 1. The lowest BCUT2D eigenvalue weighted by Crippen LogP contribution is -2.15. The molecule has 0 aliphatic heterocycles. The number of rotatable bonds is 10. The van der Waals surface area contributed by atoms with Gasteiger partial charge in [0, 0.05) is 22.0 Å². The number of thioether (sulfide) groups is 1. The minimum Gasteiger partial charge on any atom is -0.466 e. The second kappa shape index (κ2) is 11.2. The van der Waals surface area contributed by atoms with Gasteiger partial charge in [0.25, 0.3) is 0 Å². The smallest absolute Gasteiger partial charge is 0.311 e. The normalized spacial score (nSPS) is 10.6. The minimum absolute atomic E-state index is 0.0818. The van der Waals surface area contributed by atoms with Crippen LogP contribution in [0.25, 0.3) is 11.4 Å². The summed E-state index contributed by atoms with van der Waals surface area (Å²) in [7, 11) is 0. The fraction of sp³-hybridized carbons (Fsp3) is 0.250. The van der Waals surface area contributed by atoms with E-state index in [1.807, 2.05) is 28.8 Å². The summed E-state index contributed by atoms with van der Waals surface area (Å²) in [5.74, 6) is 0.283. The molecule has 8 nitrogen and oxygen atoms in total. The molecule has 0 aliphatic carbocycles. The van der Waals surface area contributed by atoms with E-state index in [1.165, 1.54) is 23.1 Å². The van der Waals surface area contributed by atoms with Crippen LogP contribution in [-0.2, 0) is 27.3 Å². The van der Waals surface area contributed by atoms with Crippen molar-refractivity contribution in [3.8, 4) is 11.4 Å². The van der Waals surface area contributed by atoms with Crippen LogP contribution in [0.2, 0.25) is 0 Å². The highest BCUT2D eigenvalue weighted by Gasteiger charge is 2.16. The molecule has 0 unspecified atom stereocenters. The second-order valence-corrected chi connectivity index (χ2v) is 8.89. The maximum Gasteiger partial charge on any atom is 0.311 e. The number of allylic oxidation sites excluding steroid dienone is 1. The second-order valence-electron chi connectivity index (χ2n) is 6.17. The molecule has 1 amide bonds. The molecule has 0 fully saturated rings. The molecule has 1 N–H and O–H groups in total. The Balaban J connectivity index is 1.61. The molecule has 3 aromatic rings. The van der Waals surface area contributed by atoms with Gasteiger partial charge in [0.15, 0.2) is 16.1 Å². The van der Waals surface area contributed by atoms with Crippen LogP contribution in [-0.4, -0.2) is 44.0 Å². The third-order valence-corrected chi connectivity index (χ3v) is 6.19. The molecule has 0 saturated carbocycles. The number of benzene rings is 1. The van der Waals surface area contributed by atoms with Crippen LogP contribution in [0.1, 0.15) is 12.6 Å². The lowest BCUT2D eigenvalue weighted by Gasteiger charge is -2.08. The number of carbonyl (C=O) groups excluding carboxylic acids is 2. The van der Waals surface area contributed by atoms with Crippen LogP contribution < -0.4 is 5.32 Å². The summed E-state index contributed by atoms with van der Waals surface area (Å²) >= 11 is 5.97. The van der Waals surface area contributed by atoms with Gasteiger partial charge in [0.2, 0.25) is 5.91 Å². The Bertz CT molecular complexity index is 1070. The highest BCUT2D eigenvalue weighted by molar-refractivity contribution is 9.10. The summed E-state index contributed by atoms with van der Waals surface area (Å²) in [4.78, 5) is 28.2. The van der Waals surface area contributed by atoms with Gasteiger partial charge in [-0.2, -0.15) is 0 Å². The van der Waals surface area contributed by atoms with Gasteiger partial charge in [-0.1, -0.05) is 45.9 Å². The summed E-state index contributed by atoms with van der Waals surface area (Å²) in [6.07, 6.45) is 1.84. The van der Waals surface area contributed by atoms with Crippen LogP contribution in [0.5, 0.6) is 0 Å². The van der Waals surface area contributed by atoms with Crippen LogP contribution in [0.15, 0.2) is 51.9 Å². The molecule has 1 aromatic carbocycles. The topological polar surface area (TPSA) is 99.0 Å². The summed E-state index contributed by atoms with van der Waals surface area (Å²) in [5, 5.41) is 14.1. The predicted molar refractivity (Wildman–Crippen MR) is 125 cm³/mol. The highest BCUT2D eigenvalue weighted by Crippen LogP contribution is 2.25. The average Bonchev–Trinajstić information content (AvgIpc) is 3.34. The zero-order valence-electron chi connectivity index (χ0n) is 16.7. The first-order valence-electron chi connectivity index (χ1n) is 9.32. The van der Waals surface area contributed by atoms with E-state index in [0.717, 1.165) is 10.0 Å². The molecule has 0 radical (unpaired) electrons. The van der Waals surface area contributed by atoms with E-state index in [9.17, 15) is 9.59 Å². The van der Waals surface area contributed by atoms with Crippen molar-refractivity contribution in [1.29, 1.82) is 0 Å². The molecule has 11 heteroatoms. The Labute approximate surface area is 196 Å². The van der Waals surface area contributed by atoms with E-state index in [4.69, 9.17) is 4.74 Å². The largest absolute Gasteiger partial charge is 0.466 e. The Morgan fingerprint density at radius 1 is 1.32 bits per heavy atom. The molecule has 0 aliphatic rings. The van der Waals surface area contributed by atoms with Gasteiger partial charge >= 0.3 is 5.97 Å². The lowest BCUT2D eigenvalue weighted by atomic mass is 10.2. The number of ether oxygens (including phenoxy) is 1. The van der Waals surface area contributed by atoms with E-state index >= 15 is 0 Å². The molecule has 2 heterocycles. The van der Waals surface area contributed by atoms with Gasteiger partial charge in [-0.25, -0.2) is 4.98 Å². The number of thiazole rings is 1. The Hall–Kier alpha value is -2.50. The first-order valence-corrected chi connectivity index (χ1v) is 12.0. The van der Waals surface area contributed by atoms with E-state index < -0.39 is 0 Å². The average molecular weight is 522 g/mol. The van der Waals surface area contributed by atoms with Crippen LogP contribution in [0, 0.1) is 0 Å². The monoisotopic (exact) mass is 521 g/mol. The lowest BCUT2D eigenvalue weighted by molar-refractivity contribution is -0.142. The first kappa shape index (κ1) is 23.2. The number of carbonyl (C=O) groups is 2. The summed E-state index contributed by atoms with van der Waals surface area (Å²) < 4.78 is 7.79. The van der Waals surface area contributed by atoms with Crippen molar-refractivity contribution >= 4 is 56.0 Å². The Morgan fingerprint density at radius 2 is 2.10 bits per heavy atom. The maximum atomic E-state index is 12.4. The zero-order valence-corrected chi connectivity index (χ0v) is 19.9. The standard InChI is InChI=1S/C20H20BrN5O3S2/c1-3-9-26-18(13-5-7-14(21)8-6-13)24-25-20(26)31-12-16(27)23-19-22-15(11-30-19)10-17(28)29-4-2/h3,5-8,11H,1,4,9-10,12H2,2H3,(H,22,23,27). The zero-order chi connectivity index (χ0) is 22.2. The fourth-order valence-electron chi connectivity index (χ4n) is 2.59. The molecule has 0 spiro atoms. The summed E-state index contributed by atoms with van der Waals surface area (Å²) in [6, 6.07) is 7.77. The van der Waals surface area contributed by atoms with E-state index in [0.29, 0.717) is 35.0 Å². The van der Waals surface area contributed by atoms with Gasteiger partial charge in [0.1, 0.15) is 0 Å². The van der Waals surface area contributed by atoms with Gasteiger partial charge in [0.05, 0.1) is 24.5 Å². The number of nitrogens with zero attached hydrogens (tertiary/aromatic N) is 4. The van der Waals surface area contributed by atoms with E-state index in [1.54, 1.807) is 18.4 Å². The van der Waals surface area contributed by atoms with Gasteiger partial charge in [-0.05, 0) is 19.1 Å². The fourth-order valence-corrected chi connectivity index (χ4v) is 4.33. The highest BCUT2D eigenvalue weighted by atomic mass is 79.9. The number of hydrogen-bond donors (Lipinski definition) is 1. The summed E-state index contributed by atoms with van der Waals surface area (Å²) in [5.41, 5.74) is 1.49. The van der Waals surface area contributed by atoms with Crippen molar-refractivity contribution in [3.63, 3.8) is 0 Å². The van der Waals surface area contributed by atoms with Crippen LogP contribution in [0.3, 0.4) is 0 Å². The summed E-state index contributed by atoms with van der Waals surface area (Å²) in [6.45, 7) is 6.39. The molecule has 0 atom stereocenters. The third kappa shape index (κ3) is 6.49. The maximum absolute atomic E-state index is 12.4. The molecule has 3 rings (SSSR count). The quantitative estimate of drug-likeness (QED) is 0.242. The number of nitrogens with one attached hydrogen (secondary N) is 1. The van der Waals surface area contributed by atoms with Crippen molar-refractivity contribution < 1.29 is 14.3 Å². The number of amides is 1. The van der Waals surface area contributed by atoms with Crippen molar-refractivity contribution in [2.24, 2.45) is 0 Å². The Kier molecular flexibility index (Phi) is 8.38. The molecule has 162 valence electrons. The number of hydrogen-bond acceptors (Lipinski definition) is 8. The SMILES string of the molecule is C=CCn1c(SCC(=O)Nc2nc(CC(=O)OCC)cs2)nnc1-c1ccc(Br)cc1. The molecule has 0 bridgehead atoms. The number of aromatic nitrogens is 4. The van der Waals surface area contributed by atoms with Crippen LogP contribution >= 0.6 is 39.0 Å². The molecular weight excluding hydrogens is 502 g/mol. The van der Waals surface area contributed by atoms with Crippen LogP contribution in [0.4, 0.5) is 5.13 Å². The molecule has 2 aromatic heterocycles. The molecule has 0 saturated heterocycles. The Morgan fingerprint density at radius 3 is 2.81 bits per heavy atom. The van der Waals surface area contributed by atoms with Crippen molar-refractivity contribution in [2.45, 2.75) is 25.0 Å². The first-order chi connectivity index (χ1) is 15.0. The molecule has 31 heavy (non-hydrogen) atoms. The number of halogens is 1. The van der Waals surface area contributed by atoms with E-state index in [-0.39, 0.29) is 24.1 Å². The molecular formula is C20H20BrN5O3S2. The van der Waals surface area contributed by atoms with E-state index in [2.05, 4.69) is 43.0 Å². The number of anilines is 1. The third-order valence-electron chi connectivity index (χ3n) is 3.89.